The molecule has 1 nitrogen and oxygen atoms in total. The first-order valence-corrected chi connectivity index (χ1v) is 3.97. The predicted octanol–water partition coefficient (Wildman–Crippen LogP) is 1.45. The monoisotopic (exact) mass is 124 g/mol. The molecule has 0 aromatic carbocycles. The topological polar surface area (TPSA) is 3.24 Å². The second kappa shape index (κ2) is 1.98. The van der Waals surface area contributed by atoms with E-state index in [1.807, 2.05) is 0 Å². The molecule has 2 saturated heterocycles. The Kier molecular flexibility index (Phi) is 1.26. The molecule has 1 radical (unpaired) electrons. The van der Waals surface area contributed by atoms with E-state index in [4.69, 9.17) is 0 Å². The third kappa shape index (κ3) is 0.787. The molecule has 2 unspecified atom stereocenters. The summed E-state index contributed by atoms with van der Waals surface area (Å²) in [4.78, 5) is 2.57. The predicted molar refractivity (Wildman–Crippen MR) is 38.1 cm³/mol. The summed E-state index contributed by atoms with van der Waals surface area (Å²) < 4.78 is 0. The maximum atomic E-state index is 4.11. The smallest absolute Gasteiger partial charge is 0.00993 e. The van der Waals surface area contributed by atoms with Gasteiger partial charge >= 0.3 is 0 Å². The standard InChI is InChI=1S/C8H14N/c1-7-4-5-8-3-2-6-9(7)8/h7-8H,1-6H2. The number of hydrogen-bond acceptors (Lipinski definition) is 1. The van der Waals surface area contributed by atoms with E-state index < -0.39 is 0 Å². The second-order valence-corrected chi connectivity index (χ2v) is 3.27. The normalized spacial score (nSPS) is 43.7. The van der Waals surface area contributed by atoms with E-state index in [0.717, 1.165) is 6.04 Å². The average Bonchev–Trinajstić information content (AvgIpc) is 2.35. The highest BCUT2D eigenvalue weighted by molar-refractivity contribution is 4.92. The zero-order valence-electron chi connectivity index (χ0n) is 5.84. The molecule has 2 aliphatic heterocycles. The zero-order valence-corrected chi connectivity index (χ0v) is 5.84. The van der Waals surface area contributed by atoms with Gasteiger partial charge in [0, 0.05) is 12.1 Å². The Morgan fingerprint density at radius 3 is 2.89 bits per heavy atom. The highest BCUT2D eigenvalue weighted by atomic mass is 15.2. The molecular weight excluding hydrogens is 110 g/mol. The van der Waals surface area contributed by atoms with Crippen LogP contribution in [0.5, 0.6) is 0 Å². The summed E-state index contributed by atoms with van der Waals surface area (Å²) in [6, 6.07) is 1.57. The summed E-state index contributed by atoms with van der Waals surface area (Å²) >= 11 is 0. The van der Waals surface area contributed by atoms with Crippen LogP contribution >= 0.6 is 0 Å². The van der Waals surface area contributed by atoms with Crippen LogP contribution in [0.3, 0.4) is 0 Å². The van der Waals surface area contributed by atoms with Gasteiger partial charge in [-0.25, -0.2) is 0 Å². The van der Waals surface area contributed by atoms with Gasteiger partial charge in [-0.3, -0.25) is 4.90 Å². The minimum Gasteiger partial charge on any atom is -0.297 e. The molecule has 2 heterocycles. The van der Waals surface area contributed by atoms with Crippen molar-refractivity contribution < 1.29 is 0 Å². The number of rotatable bonds is 0. The lowest BCUT2D eigenvalue weighted by Gasteiger charge is -2.19. The van der Waals surface area contributed by atoms with Crippen molar-refractivity contribution in [3.63, 3.8) is 0 Å². The largest absolute Gasteiger partial charge is 0.297 e. The molecule has 2 rings (SSSR count). The zero-order chi connectivity index (χ0) is 6.27. The van der Waals surface area contributed by atoms with E-state index in [1.165, 1.54) is 32.2 Å². The molecule has 0 amide bonds. The molecule has 2 fully saturated rings. The lowest BCUT2D eigenvalue weighted by Crippen LogP contribution is -2.28. The Balaban J connectivity index is 2.07. The summed E-state index contributed by atoms with van der Waals surface area (Å²) in [5, 5.41) is 0. The van der Waals surface area contributed by atoms with Crippen LogP contribution in [-0.2, 0) is 0 Å². The summed E-state index contributed by atoms with van der Waals surface area (Å²) in [6.07, 6.45) is 5.60. The maximum Gasteiger partial charge on any atom is 0.00993 e. The van der Waals surface area contributed by atoms with Crippen LogP contribution in [0.4, 0.5) is 0 Å². The molecule has 0 N–H and O–H groups in total. The summed E-state index contributed by atoms with van der Waals surface area (Å²) in [5.74, 6) is 0. The van der Waals surface area contributed by atoms with Gasteiger partial charge in [-0.05, 0) is 39.2 Å². The molecule has 1 heteroatoms. The number of fused-ring (bicyclic) bond motifs is 1. The lowest BCUT2D eigenvalue weighted by atomic mass is 10.1. The lowest BCUT2D eigenvalue weighted by molar-refractivity contribution is 0.278. The summed E-state index contributed by atoms with van der Waals surface area (Å²) in [6.45, 7) is 5.42. The Hall–Kier alpha value is -0.0400. The van der Waals surface area contributed by atoms with Crippen LogP contribution in [0, 0.1) is 6.92 Å². The van der Waals surface area contributed by atoms with E-state index >= 15 is 0 Å². The van der Waals surface area contributed by atoms with Crippen molar-refractivity contribution in [2.75, 3.05) is 6.54 Å². The van der Waals surface area contributed by atoms with Crippen molar-refractivity contribution in [1.29, 1.82) is 0 Å². The summed E-state index contributed by atoms with van der Waals surface area (Å²) in [5.41, 5.74) is 0. The SMILES string of the molecule is [CH2]C1CCC2CCCN12. The first kappa shape index (κ1) is 5.72. The molecule has 0 bridgehead atoms. The first-order chi connectivity index (χ1) is 4.38. The molecule has 0 aromatic rings. The van der Waals surface area contributed by atoms with Crippen LogP contribution in [0.2, 0.25) is 0 Å². The Morgan fingerprint density at radius 2 is 2.11 bits per heavy atom. The van der Waals surface area contributed by atoms with Crippen molar-refractivity contribution >= 4 is 0 Å². The molecule has 0 aromatic heterocycles. The molecule has 2 aliphatic rings. The number of hydrogen-bond donors (Lipinski definition) is 0. The number of nitrogens with zero attached hydrogens (tertiary/aromatic N) is 1. The van der Waals surface area contributed by atoms with Crippen LogP contribution in [0.1, 0.15) is 25.7 Å². The molecule has 0 saturated carbocycles. The third-order valence-corrected chi connectivity index (χ3v) is 2.72. The Labute approximate surface area is 57.0 Å². The second-order valence-electron chi connectivity index (χ2n) is 3.27. The fourth-order valence-electron chi connectivity index (χ4n) is 2.20. The van der Waals surface area contributed by atoms with E-state index in [0.29, 0.717) is 6.04 Å². The van der Waals surface area contributed by atoms with Crippen molar-refractivity contribution in [1.82, 2.24) is 4.90 Å². The molecule has 2 atom stereocenters. The van der Waals surface area contributed by atoms with Crippen LogP contribution in [0.25, 0.3) is 0 Å². The molecule has 9 heavy (non-hydrogen) atoms. The van der Waals surface area contributed by atoms with Crippen LogP contribution in [0.15, 0.2) is 0 Å². The highest BCUT2D eigenvalue weighted by Crippen LogP contribution is 2.31. The summed E-state index contributed by atoms with van der Waals surface area (Å²) in [7, 11) is 0. The van der Waals surface area contributed by atoms with Crippen molar-refractivity contribution in [2.24, 2.45) is 0 Å². The van der Waals surface area contributed by atoms with Gasteiger partial charge in [-0.1, -0.05) is 0 Å². The fourth-order valence-corrected chi connectivity index (χ4v) is 2.20. The van der Waals surface area contributed by atoms with Gasteiger partial charge < -0.3 is 0 Å². The fraction of sp³-hybridized carbons (Fsp3) is 0.875. The Morgan fingerprint density at radius 1 is 1.22 bits per heavy atom. The minimum atomic E-state index is 0.650. The average molecular weight is 124 g/mol. The van der Waals surface area contributed by atoms with Gasteiger partial charge in [0.05, 0.1) is 0 Å². The van der Waals surface area contributed by atoms with E-state index in [-0.39, 0.29) is 0 Å². The van der Waals surface area contributed by atoms with Crippen molar-refractivity contribution in [3.8, 4) is 0 Å². The molecule has 51 valence electrons. The van der Waals surface area contributed by atoms with Gasteiger partial charge in [0.1, 0.15) is 0 Å². The molecule has 0 spiro atoms. The Bertz CT molecular complexity index is 111. The van der Waals surface area contributed by atoms with Crippen LogP contribution < -0.4 is 0 Å². The van der Waals surface area contributed by atoms with Gasteiger partial charge in [0.15, 0.2) is 0 Å². The van der Waals surface area contributed by atoms with E-state index in [9.17, 15) is 0 Å². The van der Waals surface area contributed by atoms with Gasteiger partial charge in [0.2, 0.25) is 0 Å². The minimum absolute atomic E-state index is 0.650. The maximum absolute atomic E-state index is 4.11. The first-order valence-electron chi connectivity index (χ1n) is 3.97. The van der Waals surface area contributed by atoms with Crippen molar-refractivity contribution in [2.45, 2.75) is 37.8 Å². The third-order valence-electron chi connectivity index (χ3n) is 2.72. The quantitative estimate of drug-likeness (QED) is 0.472. The van der Waals surface area contributed by atoms with Crippen molar-refractivity contribution in [3.05, 3.63) is 6.92 Å². The van der Waals surface area contributed by atoms with E-state index in [1.54, 1.807) is 0 Å². The molecule has 0 aliphatic carbocycles. The van der Waals surface area contributed by atoms with Crippen LogP contribution in [-0.4, -0.2) is 23.5 Å². The highest BCUT2D eigenvalue weighted by Gasteiger charge is 2.33. The molecular formula is C8H14N. The van der Waals surface area contributed by atoms with Gasteiger partial charge in [-0.15, -0.1) is 0 Å². The van der Waals surface area contributed by atoms with Gasteiger partial charge in [-0.2, -0.15) is 0 Å². The van der Waals surface area contributed by atoms with E-state index in [2.05, 4.69) is 11.8 Å². The van der Waals surface area contributed by atoms with Gasteiger partial charge in [0.25, 0.3) is 0 Å².